The number of fused-ring (bicyclic) bond motifs is 1. The average molecular weight is 259 g/mol. The molecule has 0 atom stereocenters. The van der Waals surface area contributed by atoms with Crippen LogP contribution in [0.2, 0.25) is 0 Å². The smallest absolute Gasteiger partial charge is 0.189 e. The molecule has 0 aliphatic carbocycles. The van der Waals surface area contributed by atoms with Gasteiger partial charge in [0.2, 0.25) is 0 Å². The lowest BCUT2D eigenvalue weighted by Gasteiger charge is -2.11. The molecular formula is C10H11BrO3. The van der Waals surface area contributed by atoms with Gasteiger partial charge in [0.1, 0.15) is 0 Å². The van der Waals surface area contributed by atoms with Crippen LogP contribution in [0.4, 0.5) is 0 Å². The fourth-order valence-corrected chi connectivity index (χ4v) is 1.95. The lowest BCUT2D eigenvalue weighted by Crippen LogP contribution is -2.00. The van der Waals surface area contributed by atoms with Crippen molar-refractivity contribution in [3.63, 3.8) is 0 Å². The highest BCUT2D eigenvalue weighted by Gasteiger charge is 2.15. The second-order valence-corrected chi connectivity index (χ2v) is 3.93. The molecule has 3 nitrogen and oxygen atoms in total. The average Bonchev–Trinajstić information content (AvgIpc) is 2.41. The molecule has 0 N–H and O–H groups in total. The van der Waals surface area contributed by atoms with E-state index in [4.69, 9.17) is 14.2 Å². The minimum Gasteiger partial charge on any atom is -0.493 e. The molecule has 14 heavy (non-hydrogen) atoms. The predicted octanol–water partition coefficient (Wildman–Crippen LogP) is 2.37. The number of methoxy groups -OCH3 is 1. The van der Waals surface area contributed by atoms with Crippen molar-refractivity contribution in [2.45, 2.75) is 6.42 Å². The molecule has 0 unspecified atom stereocenters. The minimum absolute atomic E-state index is 0.297. The Morgan fingerprint density at radius 3 is 3.07 bits per heavy atom. The Kier molecular flexibility index (Phi) is 2.93. The molecule has 0 spiro atoms. The van der Waals surface area contributed by atoms with Gasteiger partial charge in [0.05, 0.1) is 13.7 Å². The zero-order valence-corrected chi connectivity index (χ0v) is 9.46. The van der Waals surface area contributed by atoms with Crippen molar-refractivity contribution in [2.24, 2.45) is 0 Å². The van der Waals surface area contributed by atoms with Gasteiger partial charge in [0, 0.05) is 10.0 Å². The first-order chi connectivity index (χ1) is 6.81. The van der Waals surface area contributed by atoms with E-state index in [-0.39, 0.29) is 0 Å². The summed E-state index contributed by atoms with van der Waals surface area (Å²) in [6.07, 6.45) is 0.852. The molecule has 1 aromatic carbocycles. The molecule has 4 heteroatoms. The zero-order valence-electron chi connectivity index (χ0n) is 7.88. The van der Waals surface area contributed by atoms with Crippen molar-refractivity contribution in [1.29, 1.82) is 0 Å². The van der Waals surface area contributed by atoms with Crippen LogP contribution in [0.5, 0.6) is 11.5 Å². The molecule has 1 aliphatic heterocycles. The first-order valence-corrected chi connectivity index (χ1v) is 5.17. The van der Waals surface area contributed by atoms with Crippen LogP contribution in [0.15, 0.2) is 16.6 Å². The first-order valence-electron chi connectivity index (χ1n) is 4.38. The molecular weight excluding hydrogens is 248 g/mol. The van der Waals surface area contributed by atoms with E-state index >= 15 is 0 Å². The Balaban J connectivity index is 2.46. The van der Waals surface area contributed by atoms with Crippen molar-refractivity contribution in [1.82, 2.24) is 0 Å². The quantitative estimate of drug-likeness (QED) is 0.774. The Hall–Kier alpha value is -0.740. The number of benzene rings is 1. The van der Waals surface area contributed by atoms with E-state index in [0.717, 1.165) is 28.0 Å². The van der Waals surface area contributed by atoms with Crippen LogP contribution in [0.25, 0.3) is 0 Å². The van der Waals surface area contributed by atoms with Gasteiger partial charge >= 0.3 is 0 Å². The van der Waals surface area contributed by atoms with E-state index < -0.39 is 0 Å². The van der Waals surface area contributed by atoms with Crippen LogP contribution in [-0.2, 0) is 11.2 Å². The molecule has 0 saturated heterocycles. The second-order valence-electron chi connectivity index (χ2n) is 3.02. The summed E-state index contributed by atoms with van der Waals surface area (Å²) >= 11 is 3.43. The molecule has 0 aromatic heterocycles. The molecule has 1 aromatic rings. The van der Waals surface area contributed by atoms with Crippen molar-refractivity contribution in [3.8, 4) is 11.5 Å². The predicted molar refractivity (Wildman–Crippen MR) is 55.8 cm³/mol. The third-order valence-electron chi connectivity index (χ3n) is 2.12. The summed E-state index contributed by atoms with van der Waals surface area (Å²) in [7, 11) is 1.64. The summed E-state index contributed by atoms with van der Waals surface area (Å²) in [4.78, 5) is 0. The van der Waals surface area contributed by atoms with Crippen LogP contribution in [0.1, 0.15) is 5.56 Å². The van der Waals surface area contributed by atoms with Crippen molar-refractivity contribution >= 4 is 15.9 Å². The highest BCUT2D eigenvalue weighted by atomic mass is 79.9. The largest absolute Gasteiger partial charge is 0.493 e. The van der Waals surface area contributed by atoms with E-state index in [0.29, 0.717) is 13.4 Å². The monoisotopic (exact) mass is 258 g/mol. The topological polar surface area (TPSA) is 27.7 Å². The van der Waals surface area contributed by atoms with Gasteiger partial charge in [0.15, 0.2) is 18.3 Å². The maximum Gasteiger partial charge on any atom is 0.189 e. The van der Waals surface area contributed by atoms with Crippen LogP contribution in [-0.4, -0.2) is 20.5 Å². The van der Waals surface area contributed by atoms with Gasteiger partial charge in [-0.15, -0.1) is 0 Å². The van der Waals surface area contributed by atoms with Crippen molar-refractivity contribution in [3.05, 3.63) is 22.2 Å². The van der Waals surface area contributed by atoms with Gasteiger partial charge in [-0.3, -0.25) is 0 Å². The Labute approximate surface area is 91.1 Å². The van der Waals surface area contributed by atoms with Crippen molar-refractivity contribution in [2.75, 3.05) is 20.5 Å². The zero-order chi connectivity index (χ0) is 9.97. The van der Waals surface area contributed by atoms with Gasteiger partial charge < -0.3 is 14.2 Å². The molecule has 0 amide bonds. The van der Waals surface area contributed by atoms with E-state index in [1.165, 1.54) is 0 Å². The maximum absolute atomic E-state index is 5.46. The lowest BCUT2D eigenvalue weighted by atomic mass is 10.1. The fraction of sp³-hybridized carbons (Fsp3) is 0.400. The first kappa shape index (κ1) is 9.80. The normalized spacial score (nSPS) is 15.3. The summed E-state index contributed by atoms with van der Waals surface area (Å²) in [6.45, 7) is 0.984. The molecule has 0 saturated carbocycles. The van der Waals surface area contributed by atoms with E-state index in [2.05, 4.69) is 15.9 Å². The van der Waals surface area contributed by atoms with E-state index in [9.17, 15) is 0 Å². The Morgan fingerprint density at radius 2 is 2.29 bits per heavy atom. The van der Waals surface area contributed by atoms with Gasteiger partial charge in [0.25, 0.3) is 0 Å². The summed E-state index contributed by atoms with van der Waals surface area (Å²) in [5.41, 5.74) is 1.12. The van der Waals surface area contributed by atoms with Crippen LogP contribution in [0.3, 0.4) is 0 Å². The SMILES string of the molecule is COc1cc(Br)cc2c1OCOCC2. The van der Waals surface area contributed by atoms with E-state index in [1.54, 1.807) is 7.11 Å². The number of ether oxygens (including phenoxy) is 3. The summed E-state index contributed by atoms with van der Waals surface area (Å²) < 4.78 is 16.9. The fourth-order valence-electron chi connectivity index (χ4n) is 1.47. The maximum atomic E-state index is 5.46. The summed E-state index contributed by atoms with van der Waals surface area (Å²) in [5.74, 6) is 1.55. The highest BCUT2D eigenvalue weighted by Crippen LogP contribution is 2.36. The number of hydrogen-bond donors (Lipinski definition) is 0. The molecule has 0 bridgehead atoms. The summed E-state index contributed by atoms with van der Waals surface area (Å²) in [5, 5.41) is 0. The molecule has 1 heterocycles. The Morgan fingerprint density at radius 1 is 1.43 bits per heavy atom. The van der Waals surface area contributed by atoms with Gasteiger partial charge in [-0.2, -0.15) is 0 Å². The number of halogens is 1. The van der Waals surface area contributed by atoms with Crippen LogP contribution in [0, 0.1) is 0 Å². The van der Waals surface area contributed by atoms with Gasteiger partial charge in [-0.1, -0.05) is 15.9 Å². The van der Waals surface area contributed by atoms with Crippen LogP contribution < -0.4 is 9.47 Å². The van der Waals surface area contributed by atoms with Gasteiger partial charge in [-0.05, 0) is 18.6 Å². The standard InChI is InChI=1S/C10H11BrO3/c1-12-9-5-8(11)4-7-2-3-13-6-14-10(7)9/h4-5H,2-3,6H2,1H3. The summed E-state index contributed by atoms with van der Waals surface area (Å²) in [6, 6.07) is 3.93. The molecule has 76 valence electrons. The molecule has 2 rings (SSSR count). The second kappa shape index (κ2) is 4.19. The molecule has 1 aliphatic rings. The van der Waals surface area contributed by atoms with Crippen molar-refractivity contribution < 1.29 is 14.2 Å². The minimum atomic E-state index is 0.297. The highest BCUT2D eigenvalue weighted by molar-refractivity contribution is 9.10. The third-order valence-corrected chi connectivity index (χ3v) is 2.58. The van der Waals surface area contributed by atoms with Crippen LogP contribution >= 0.6 is 15.9 Å². The third kappa shape index (κ3) is 1.86. The number of hydrogen-bond acceptors (Lipinski definition) is 3. The molecule has 0 radical (unpaired) electrons. The van der Waals surface area contributed by atoms with Gasteiger partial charge in [-0.25, -0.2) is 0 Å². The molecule has 0 fully saturated rings. The van der Waals surface area contributed by atoms with E-state index in [1.807, 2.05) is 12.1 Å². The number of rotatable bonds is 1. The Bertz CT molecular complexity index is 338. The lowest BCUT2D eigenvalue weighted by molar-refractivity contribution is 0.0250.